The molecule has 0 aromatic rings. The molecule has 0 amide bonds. The Morgan fingerprint density at radius 1 is 1.13 bits per heavy atom. The van der Waals surface area contributed by atoms with Crippen LogP contribution in [0.1, 0.15) is 39.0 Å². The van der Waals surface area contributed by atoms with Crippen molar-refractivity contribution in [2.45, 2.75) is 51.3 Å². The van der Waals surface area contributed by atoms with Crippen LogP contribution < -0.4 is 0 Å². The Labute approximate surface area is 88.4 Å². The van der Waals surface area contributed by atoms with Crippen molar-refractivity contribution in [3.05, 3.63) is 0 Å². The molecule has 0 saturated carbocycles. The molecule has 15 heavy (non-hydrogen) atoms. The first kappa shape index (κ1) is 14.7. The molecule has 5 heteroatoms. The van der Waals surface area contributed by atoms with Gasteiger partial charge in [-0.15, -0.1) is 0 Å². The summed E-state index contributed by atoms with van der Waals surface area (Å²) in [6.45, 7) is 3.19. The second-order valence-electron chi connectivity index (χ2n) is 3.52. The Balaban J connectivity index is 3.24. The van der Waals surface area contributed by atoms with Gasteiger partial charge in [0.2, 0.25) is 0 Å². The van der Waals surface area contributed by atoms with Crippen LogP contribution in [-0.2, 0) is 4.74 Å². The van der Waals surface area contributed by atoms with E-state index in [0.29, 0.717) is 26.1 Å². The lowest BCUT2D eigenvalue weighted by Gasteiger charge is -2.13. The molecule has 0 aliphatic carbocycles. The number of unbranched alkanes of at least 4 members (excludes halogenated alkanes) is 2. The molecule has 0 aromatic carbocycles. The highest BCUT2D eigenvalue weighted by atomic mass is 19.4. The largest absolute Gasteiger partial charge is 0.414 e. The Morgan fingerprint density at radius 3 is 2.27 bits per heavy atom. The summed E-state index contributed by atoms with van der Waals surface area (Å²) in [4.78, 5) is 0. The summed E-state index contributed by atoms with van der Waals surface area (Å²) >= 11 is 0. The lowest BCUT2D eigenvalue weighted by atomic mass is 10.1. The third-order valence-electron chi connectivity index (χ3n) is 2.04. The van der Waals surface area contributed by atoms with Gasteiger partial charge >= 0.3 is 6.18 Å². The molecule has 0 unspecified atom stereocenters. The maximum absolute atomic E-state index is 11.8. The lowest BCUT2D eigenvalue weighted by Crippen LogP contribution is -2.28. The van der Waals surface area contributed by atoms with Gasteiger partial charge in [-0.1, -0.05) is 13.3 Å². The monoisotopic (exact) mass is 228 g/mol. The molecule has 0 aromatic heterocycles. The second kappa shape index (κ2) is 7.93. The van der Waals surface area contributed by atoms with E-state index in [1.165, 1.54) is 0 Å². The van der Waals surface area contributed by atoms with Crippen molar-refractivity contribution >= 4 is 0 Å². The normalized spacial score (nSPS) is 14.2. The molecule has 0 heterocycles. The number of hydrogen-bond acceptors (Lipinski definition) is 2. The van der Waals surface area contributed by atoms with E-state index in [0.717, 1.165) is 12.8 Å². The summed E-state index contributed by atoms with van der Waals surface area (Å²) in [6.07, 6.45) is -3.97. The summed E-state index contributed by atoms with van der Waals surface area (Å²) < 4.78 is 40.7. The van der Waals surface area contributed by atoms with Gasteiger partial charge in [-0.05, 0) is 25.7 Å². The smallest absolute Gasteiger partial charge is 0.384 e. The number of halogens is 3. The molecule has 92 valence electrons. The van der Waals surface area contributed by atoms with Crippen molar-refractivity contribution in [2.75, 3.05) is 13.2 Å². The summed E-state index contributed by atoms with van der Waals surface area (Å²) in [5, 5.41) is 8.66. The minimum atomic E-state index is -4.48. The third-order valence-corrected chi connectivity index (χ3v) is 2.04. The van der Waals surface area contributed by atoms with Gasteiger partial charge in [0.05, 0.1) is 0 Å². The fraction of sp³-hybridized carbons (Fsp3) is 1.00. The maximum Gasteiger partial charge on any atom is 0.414 e. The van der Waals surface area contributed by atoms with E-state index in [-0.39, 0.29) is 6.42 Å². The molecule has 0 spiro atoms. The van der Waals surface area contributed by atoms with Crippen LogP contribution in [0.5, 0.6) is 0 Å². The minimum absolute atomic E-state index is 0.235. The number of hydrogen-bond donors (Lipinski definition) is 1. The highest BCUT2D eigenvalue weighted by Gasteiger charge is 2.37. The van der Waals surface area contributed by atoms with Crippen molar-refractivity contribution in [3.63, 3.8) is 0 Å². The van der Waals surface area contributed by atoms with Crippen molar-refractivity contribution in [3.8, 4) is 0 Å². The maximum atomic E-state index is 11.8. The van der Waals surface area contributed by atoms with E-state index in [1.807, 2.05) is 6.92 Å². The fourth-order valence-electron chi connectivity index (χ4n) is 1.05. The van der Waals surface area contributed by atoms with Gasteiger partial charge in [0, 0.05) is 13.2 Å². The van der Waals surface area contributed by atoms with Gasteiger partial charge in [-0.25, -0.2) is 0 Å². The van der Waals surface area contributed by atoms with Crippen molar-refractivity contribution < 1.29 is 23.0 Å². The Morgan fingerprint density at radius 2 is 1.73 bits per heavy atom. The Bertz CT molecular complexity index is 148. The molecule has 2 nitrogen and oxygen atoms in total. The number of rotatable bonds is 8. The highest BCUT2D eigenvalue weighted by Crippen LogP contribution is 2.23. The number of ether oxygens (including phenoxy) is 1. The van der Waals surface area contributed by atoms with Crippen molar-refractivity contribution in [1.82, 2.24) is 0 Å². The summed E-state index contributed by atoms with van der Waals surface area (Å²) in [7, 11) is 0. The molecule has 0 bridgehead atoms. The molecule has 0 saturated heterocycles. The fourth-order valence-corrected chi connectivity index (χ4v) is 1.05. The van der Waals surface area contributed by atoms with Crippen LogP contribution in [0.2, 0.25) is 0 Å². The van der Waals surface area contributed by atoms with Gasteiger partial charge < -0.3 is 9.84 Å². The third kappa shape index (κ3) is 8.69. The van der Waals surface area contributed by atoms with E-state index >= 15 is 0 Å². The number of alkyl halides is 3. The van der Waals surface area contributed by atoms with Gasteiger partial charge in [0.25, 0.3) is 0 Å². The molecule has 0 fully saturated rings. The molecule has 0 aliphatic rings. The quantitative estimate of drug-likeness (QED) is 0.647. The van der Waals surface area contributed by atoms with E-state index < -0.39 is 12.3 Å². The van der Waals surface area contributed by atoms with E-state index in [4.69, 9.17) is 9.84 Å². The average Bonchev–Trinajstić information content (AvgIpc) is 2.14. The molecule has 1 atom stereocenters. The summed E-state index contributed by atoms with van der Waals surface area (Å²) in [5.74, 6) is 0. The van der Waals surface area contributed by atoms with Crippen LogP contribution in [0.4, 0.5) is 13.2 Å². The zero-order chi connectivity index (χ0) is 11.7. The Kier molecular flexibility index (Phi) is 7.78. The standard InChI is InChI=1S/C10H19F3O2/c1-2-3-7-15-8-5-4-6-9(14)10(11,12)13/h9,14H,2-8H2,1H3/t9-/m1/s1. The molecular weight excluding hydrogens is 209 g/mol. The molecular formula is C10H19F3O2. The topological polar surface area (TPSA) is 29.5 Å². The first-order valence-electron chi connectivity index (χ1n) is 5.31. The Hall–Kier alpha value is -0.290. The van der Waals surface area contributed by atoms with E-state index in [9.17, 15) is 13.2 Å². The number of aliphatic hydroxyl groups is 1. The first-order valence-corrected chi connectivity index (χ1v) is 5.31. The minimum Gasteiger partial charge on any atom is -0.384 e. The van der Waals surface area contributed by atoms with Crippen molar-refractivity contribution in [1.29, 1.82) is 0 Å². The van der Waals surface area contributed by atoms with Crippen LogP contribution >= 0.6 is 0 Å². The summed E-state index contributed by atoms with van der Waals surface area (Å²) in [6, 6.07) is 0. The first-order chi connectivity index (χ1) is 6.98. The van der Waals surface area contributed by atoms with Crippen LogP contribution in [0, 0.1) is 0 Å². The molecule has 0 aliphatic heterocycles. The molecule has 1 N–H and O–H groups in total. The van der Waals surface area contributed by atoms with E-state index in [1.54, 1.807) is 0 Å². The number of aliphatic hydroxyl groups excluding tert-OH is 1. The lowest BCUT2D eigenvalue weighted by molar-refractivity contribution is -0.205. The predicted octanol–water partition coefficient (Wildman–Crippen LogP) is 2.90. The average molecular weight is 228 g/mol. The van der Waals surface area contributed by atoms with Gasteiger partial charge in [-0.2, -0.15) is 13.2 Å². The van der Waals surface area contributed by atoms with E-state index in [2.05, 4.69) is 0 Å². The van der Waals surface area contributed by atoms with Crippen LogP contribution in [0.3, 0.4) is 0 Å². The van der Waals surface area contributed by atoms with Gasteiger partial charge in [0.1, 0.15) is 6.10 Å². The van der Waals surface area contributed by atoms with Crippen LogP contribution in [0.15, 0.2) is 0 Å². The van der Waals surface area contributed by atoms with Gasteiger partial charge in [0.15, 0.2) is 0 Å². The highest BCUT2D eigenvalue weighted by molar-refractivity contribution is 4.64. The van der Waals surface area contributed by atoms with Gasteiger partial charge in [-0.3, -0.25) is 0 Å². The second-order valence-corrected chi connectivity index (χ2v) is 3.52. The predicted molar refractivity (Wildman–Crippen MR) is 51.6 cm³/mol. The molecule has 0 rings (SSSR count). The van der Waals surface area contributed by atoms with Crippen molar-refractivity contribution in [2.24, 2.45) is 0 Å². The van der Waals surface area contributed by atoms with Crippen LogP contribution in [0.25, 0.3) is 0 Å². The van der Waals surface area contributed by atoms with Crippen LogP contribution in [-0.4, -0.2) is 30.6 Å². The molecule has 0 radical (unpaired) electrons. The zero-order valence-electron chi connectivity index (χ0n) is 9.02. The summed E-state index contributed by atoms with van der Waals surface area (Å²) in [5.41, 5.74) is 0. The zero-order valence-corrected chi connectivity index (χ0v) is 9.02. The SMILES string of the molecule is CCCCOCCCC[C@@H](O)C(F)(F)F.